The van der Waals surface area contributed by atoms with Crippen LogP contribution in [0.5, 0.6) is 0 Å². The molecule has 6 nitrogen and oxygen atoms in total. The highest BCUT2D eigenvalue weighted by molar-refractivity contribution is 5.94. The summed E-state index contributed by atoms with van der Waals surface area (Å²) in [4.78, 5) is 21.9. The van der Waals surface area contributed by atoms with Gasteiger partial charge in [-0.05, 0) is 26.1 Å². The van der Waals surface area contributed by atoms with Crippen molar-refractivity contribution in [3.63, 3.8) is 0 Å². The predicted molar refractivity (Wildman–Crippen MR) is 80.3 cm³/mol. The molecule has 1 aliphatic heterocycles. The Hall–Kier alpha value is -1.92. The zero-order valence-electron chi connectivity index (χ0n) is 12.3. The summed E-state index contributed by atoms with van der Waals surface area (Å²) in [7, 11) is 2.03. The number of rotatable bonds is 4. The fourth-order valence-electron chi connectivity index (χ4n) is 2.78. The molecule has 0 radical (unpaired) electrons. The third kappa shape index (κ3) is 2.91. The van der Waals surface area contributed by atoms with Crippen molar-refractivity contribution in [2.45, 2.75) is 19.1 Å². The maximum atomic E-state index is 12.3. The Morgan fingerprint density at radius 3 is 3.05 bits per heavy atom. The van der Waals surface area contributed by atoms with E-state index in [4.69, 9.17) is 4.74 Å². The number of fused-ring (bicyclic) bond motifs is 1. The summed E-state index contributed by atoms with van der Waals surface area (Å²) in [5.74, 6) is 0.164. The number of hydrogen-bond donors (Lipinski definition) is 2. The smallest absolute Gasteiger partial charge is 0.287 e. The topological polar surface area (TPSA) is 70.2 Å². The molecular formula is C15H20N4O2. The minimum absolute atomic E-state index is 0.00402. The number of aromatic amines is 1. The van der Waals surface area contributed by atoms with Gasteiger partial charge in [-0.15, -0.1) is 0 Å². The molecule has 2 heterocycles. The van der Waals surface area contributed by atoms with Gasteiger partial charge in [-0.25, -0.2) is 4.98 Å². The van der Waals surface area contributed by atoms with E-state index >= 15 is 0 Å². The van der Waals surface area contributed by atoms with Crippen LogP contribution in [-0.4, -0.2) is 59.7 Å². The number of H-pyrrole nitrogens is 1. The van der Waals surface area contributed by atoms with Gasteiger partial charge in [0.2, 0.25) is 0 Å². The second-order valence-electron chi connectivity index (χ2n) is 5.40. The van der Waals surface area contributed by atoms with Gasteiger partial charge in [0.15, 0.2) is 5.82 Å². The zero-order chi connectivity index (χ0) is 14.8. The van der Waals surface area contributed by atoms with E-state index in [1.54, 1.807) is 0 Å². The third-order valence-corrected chi connectivity index (χ3v) is 3.75. The Morgan fingerprint density at radius 2 is 2.29 bits per heavy atom. The highest BCUT2D eigenvalue weighted by Crippen LogP contribution is 2.14. The molecule has 2 N–H and O–H groups in total. The summed E-state index contributed by atoms with van der Waals surface area (Å²) >= 11 is 0. The minimum atomic E-state index is -0.184. The Bertz CT molecular complexity index is 606. The van der Waals surface area contributed by atoms with Crippen LogP contribution >= 0.6 is 0 Å². The van der Waals surface area contributed by atoms with Crippen LogP contribution in [0.1, 0.15) is 17.5 Å². The molecule has 1 fully saturated rings. The van der Waals surface area contributed by atoms with Gasteiger partial charge in [-0.1, -0.05) is 12.1 Å². The summed E-state index contributed by atoms with van der Waals surface area (Å²) < 4.78 is 5.69. The fraction of sp³-hybridized carbons (Fsp3) is 0.467. The summed E-state index contributed by atoms with van der Waals surface area (Å²) in [5.41, 5.74) is 1.67. The number of benzene rings is 1. The Morgan fingerprint density at radius 1 is 1.48 bits per heavy atom. The number of carbonyl (C=O) groups excluding carboxylic acids is 1. The summed E-state index contributed by atoms with van der Waals surface area (Å²) in [6.07, 6.45) is 0.0355. The molecule has 2 atom stereocenters. The molecule has 3 rings (SSSR count). The standard InChI is InChI=1S/C15H20N4O2/c1-3-21-13-9-19(2)8-12(13)18-15(20)14-16-10-6-4-5-7-11(10)17-14/h4-7,12-13H,3,8-9H2,1-2H3,(H,16,17)(H,18,20)/t12-,13-/m0/s1. The van der Waals surface area contributed by atoms with Gasteiger partial charge in [0.1, 0.15) is 0 Å². The van der Waals surface area contributed by atoms with Crippen molar-refractivity contribution in [3.05, 3.63) is 30.1 Å². The largest absolute Gasteiger partial charge is 0.375 e. The second kappa shape index (κ2) is 5.83. The highest BCUT2D eigenvalue weighted by atomic mass is 16.5. The average molecular weight is 288 g/mol. The molecule has 0 unspecified atom stereocenters. The number of imidazole rings is 1. The molecule has 2 aromatic rings. The van der Waals surface area contributed by atoms with Gasteiger partial charge in [0.05, 0.1) is 23.2 Å². The first kappa shape index (κ1) is 14.0. The van der Waals surface area contributed by atoms with E-state index in [-0.39, 0.29) is 18.1 Å². The molecule has 21 heavy (non-hydrogen) atoms. The molecule has 1 aromatic carbocycles. The zero-order valence-corrected chi connectivity index (χ0v) is 12.3. The number of carbonyl (C=O) groups is 1. The van der Waals surface area contributed by atoms with Crippen molar-refractivity contribution in [2.24, 2.45) is 0 Å². The van der Waals surface area contributed by atoms with E-state index in [1.165, 1.54) is 0 Å². The molecule has 1 amide bonds. The number of amides is 1. The summed E-state index contributed by atoms with van der Waals surface area (Å²) in [6, 6.07) is 7.61. The van der Waals surface area contributed by atoms with Gasteiger partial charge >= 0.3 is 0 Å². The van der Waals surface area contributed by atoms with Crippen molar-refractivity contribution >= 4 is 16.9 Å². The lowest BCUT2D eigenvalue weighted by Crippen LogP contribution is -2.44. The van der Waals surface area contributed by atoms with Crippen molar-refractivity contribution < 1.29 is 9.53 Å². The monoisotopic (exact) mass is 288 g/mol. The van der Waals surface area contributed by atoms with Gasteiger partial charge in [0, 0.05) is 19.7 Å². The van der Waals surface area contributed by atoms with Gasteiger partial charge in [-0.2, -0.15) is 0 Å². The highest BCUT2D eigenvalue weighted by Gasteiger charge is 2.33. The molecule has 6 heteroatoms. The maximum Gasteiger partial charge on any atom is 0.287 e. The average Bonchev–Trinajstić information content (AvgIpc) is 3.03. The van der Waals surface area contributed by atoms with Crippen molar-refractivity contribution in [2.75, 3.05) is 26.7 Å². The first-order valence-electron chi connectivity index (χ1n) is 7.23. The lowest BCUT2D eigenvalue weighted by atomic mass is 10.2. The predicted octanol–water partition coefficient (Wildman–Crippen LogP) is 1.01. The van der Waals surface area contributed by atoms with Crippen LogP contribution in [0.4, 0.5) is 0 Å². The van der Waals surface area contributed by atoms with Gasteiger partial charge in [0.25, 0.3) is 5.91 Å². The molecule has 0 bridgehead atoms. The molecule has 0 spiro atoms. The van der Waals surface area contributed by atoms with E-state index in [9.17, 15) is 4.79 Å². The number of likely N-dealkylation sites (tertiary alicyclic amines) is 1. The van der Waals surface area contributed by atoms with E-state index in [1.807, 2.05) is 38.2 Å². The number of nitrogens with one attached hydrogen (secondary N) is 2. The van der Waals surface area contributed by atoms with Crippen LogP contribution in [0.25, 0.3) is 11.0 Å². The van der Waals surface area contributed by atoms with Crippen LogP contribution < -0.4 is 5.32 Å². The van der Waals surface area contributed by atoms with Crippen molar-refractivity contribution in [1.82, 2.24) is 20.2 Å². The Kier molecular flexibility index (Phi) is 3.90. The number of aromatic nitrogens is 2. The second-order valence-corrected chi connectivity index (χ2v) is 5.40. The molecule has 1 saturated heterocycles. The molecule has 1 aliphatic rings. The van der Waals surface area contributed by atoms with Gasteiger partial charge < -0.3 is 19.9 Å². The third-order valence-electron chi connectivity index (χ3n) is 3.75. The van der Waals surface area contributed by atoms with Crippen LogP contribution in [0, 0.1) is 0 Å². The van der Waals surface area contributed by atoms with Crippen LogP contribution in [0.3, 0.4) is 0 Å². The molecule has 1 aromatic heterocycles. The van der Waals surface area contributed by atoms with Crippen LogP contribution in [-0.2, 0) is 4.74 Å². The van der Waals surface area contributed by atoms with E-state index in [0.29, 0.717) is 12.4 Å². The SMILES string of the molecule is CCO[C@H]1CN(C)C[C@@H]1NC(=O)c1nc2ccccc2[nH]1. The first-order valence-corrected chi connectivity index (χ1v) is 7.23. The summed E-state index contributed by atoms with van der Waals surface area (Å²) in [5, 5.41) is 3.02. The number of ether oxygens (including phenoxy) is 1. The normalized spacial score (nSPS) is 22.8. The first-order chi connectivity index (χ1) is 10.2. The summed E-state index contributed by atoms with van der Waals surface area (Å²) in [6.45, 7) is 4.24. The lowest BCUT2D eigenvalue weighted by Gasteiger charge is -2.19. The maximum absolute atomic E-state index is 12.3. The quantitative estimate of drug-likeness (QED) is 0.881. The van der Waals surface area contributed by atoms with E-state index in [2.05, 4.69) is 20.2 Å². The molecule has 112 valence electrons. The molecule has 0 aliphatic carbocycles. The number of hydrogen-bond acceptors (Lipinski definition) is 4. The van der Waals surface area contributed by atoms with Crippen molar-refractivity contribution in [1.29, 1.82) is 0 Å². The van der Waals surface area contributed by atoms with E-state index in [0.717, 1.165) is 24.1 Å². The van der Waals surface area contributed by atoms with Crippen LogP contribution in [0.2, 0.25) is 0 Å². The Balaban J connectivity index is 1.73. The van der Waals surface area contributed by atoms with Crippen molar-refractivity contribution in [3.8, 4) is 0 Å². The fourth-order valence-corrected chi connectivity index (χ4v) is 2.78. The lowest BCUT2D eigenvalue weighted by molar-refractivity contribution is 0.0511. The van der Waals surface area contributed by atoms with Gasteiger partial charge in [-0.3, -0.25) is 4.79 Å². The van der Waals surface area contributed by atoms with E-state index < -0.39 is 0 Å². The van der Waals surface area contributed by atoms with Crippen LogP contribution in [0.15, 0.2) is 24.3 Å². The number of nitrogens with zero attached hydrogens (tertiary/aromatic N) is 2. The Labute approximate surface area is 123 Å². The number of likely N-dealkylation sites (N-methyl/N-ethyl adjacent to an activating group) is 1. The molecule has 0 saturated carbocycles. The molecular weight excluding hydrogens is 268 g/mol. The minimum Gasteiger partial charge on any atom is -0.375 e. The number of para-hydroxylation sites is 2.